The van der Waals surface area contributed by atoms with Gasteiger partial charge in [-0.05, 0) is 13.8 Å². The quantitative estimate of drug-likeness (QED) is 0.621. The topological polar surface area (TPSA) is 50.5 Å². The van der Waals surface area contributed by atoms with Crippen molar-refractivity contribution in [1.82, 2.24) is 9.97 Å². The van der Waals surface area contributed by atoms with Gasteiger partial charge in [0.05, 0.1) is 11.4 Å². The lowest BCUT2D eigenvalue weighted by Gasteiger charge is -1.92. The second kappa shape index (κ2) is 5.09. The number of hydrogen-bond acceptors (Lipinski definition) is 6. The fraction of sp³-hybridized carbons (Fsp3) is 0.200. The summed E-state index contributed by atoms with van der Waals surface area (Å²) >= 11 is 3.11. The number of aromatic nitrogens is 2. The van der Waals surface area contributed by atoms with E-state index in [2.05, 4.69) is 20.2 Å². The van der Waals surface area contributed by atoms with Gasteiger partial charge in [-0.25, -0.2) is 9.97 Å². The summed E-state index contributed by atoms with van der Waals surface area (Å²) in [5.74, 6) is 0. The number of hydrogen-bond donors (Lipinski definition) is 0. The van der Waals surface area contributed by atoms with Crippen LogP contribution in [0.5, 0.6) is 0 Å². The Balaban J connectivity index is 2.17. The van der Waals surface area contributed by atoms with Gasteiger partial charge in [0.15, 0.2) is 0 Å². The molecule has 0 saturated heterocycles. The van der Waals surface area contributed by atoms with Crippen LogP contribution < -0.4 is 0 Å². The van der Waals surface area contributed by atoms with Crippen molar-refractivity contribution in [2.45, 2.75) is 13.8 Å². The first-order valence-corrected chi connectivity index (χ1v) is 6.42. The van der Waals surface area contributed by atoms with Gasteiger partial charge in [-0.15, -0.1) is 22.7 Å². The maximum absolute atomic E-state index is 4.16. The van der Waals surface area contributed by atoms with Crippen LogP contribution >= 0.6 is 22.7 Å². The predicted octanol–water partition coefficient (Wildman–Crippen LogP) is 2.83. The maximum Gasteiger partial charge on any atom is 0.139 e. The average molecular weight is 250 g/mol. The summed E-state index contributed by atoms with van der Waals surface area (Å²) in [6.45, 7) is 3.80. The van der Waals surface area contributed by atoms with E-state index in [0.717, 1.165) is 21.4 Å². The van der Waals surface area contributed by atoms with Crippen LogP contribution in [0.2, 0.25) is 0 Å². The fourth-order valence-corrected chi connectivity index (χ4v) is 2.21. The van der Waals surface area contributed by atoms with E-state index in [-0.39, 0.29) is 0 Å². The third-order valence-electron chi connectivity index (χ3n) is 1.83. The van der Waals surface area contributed by atoms with Gasteiger partial charge in [0, 0.05) is 23.2 Å². The van der Waals surface area contributed by atoms with Crippen LogP contribution in [0.4, 0.5) is 0 Å². The van der Waals surface area contributed by atoms with Gasteiger partial charge in [0.2, 0.25) is 0 Å². The van der Waals surface area contributed by atoms with Crippen molar-refractivity contribution in [3.05, 3.63) is 33.2 Å². The van der Waals surface area contributed by atoms with Crippen molar-refractivity contribution in [2.24, 2.45) is 10.2 Å². The Labute approximate surface area is 101 Å². The molecule has 16 heavy (non-hydrogen) atoms. The smallest absolute Gasteiger partial charge is 0.139 e. The zero-order chi connectivity index (χ0) is 11.4. The molecule has 2 aromatic heterocycles. The molecule has 0 spiro atoms. The molecule has 0 aliphatic carbocycles. The highest BCUT2D eigenvalue weighted by Crippen LogP contribution is 2.08. The summed E-state index contributed by atoms with van der Waals surface area (Å²) in [6, 6.07) is 0. The van der Waals surface area contributed by atoms with Crippen molar-refractivity contribution in [2.75, 3.05) is 0 Å². The molecule has 6 heteroatoms. The van der Waals surface area contributed by atoms with Crippen LogP contribution in [-0.4, -0.2) is 21.4 Å². The molecule has 0 bridgehead atoms. The van der Waals surface area contributed by atoms with Crippen LogP contribution in [-0.2, 0) is 0 Å². The van der Waals surface area contributed by atoms with Crippen LogP contribution in [0.1, 0.15) is 23.9 Å². The van der Waals surface area contributed by atoms with Gasteiger partial charge in [-0.3, -0.25) is 0 Å². The molecule has 0 atom stereocenters. The molecular weight excluding hydrogens is 240 g/mol. The molecular formula is C10H10N4S2. The Hall–Kier alpha value is -1.40. The Morgan fingerprint density at radius 3 is 1.69 bits per heavy atom. The van der Waals surface area contributed by atoms with E-state index in [9.17, 15) is 0 Å². The lowest BCUT2D eigenvalue weighted by Crippen LogP contribution is -1.95. The van der Waals surface area contributed by atoms with E-state index < -0.39 is 0 Å². The van der Waals surface area contributed by atoms with E-state index in [1.54, 1.807) is 35.1 Å². The highest BCUT2D eigenvalue weighted by Gasteiger charge is 2.01. The van der Waals surface area contributed by atoms with Crippen LogP contribution in [0.3, 0.4) is 0 Å². The molecule has 0 saturated carbocycles. The Morgan fingerprint density at radius 2 is 1.38 bits per heavy atom. The second-order valence-corrected chi connectivity index (χ2v) is 4.83. The molecule has 0 aromatic carbocycles. The fourth-order valence-electron chi connectivity index (χ4n) is 1.04. The summed E-state index contributed by atoms with van der Waals surface area (Å²) in [6.07, 6.45) is 3.52. The summed E-state index contributed by atoms with van der Waals surface area (Å²) in [5, 5.41) is 13.9. The molecule has 0 N–H and O–H groups in total. The van der Waals surface area contributed by atoms with E-state index in [1.807, 2.05) is 24.6 Å². The number of nitrogens with zero attached hydrogens (tertiary/aromatic N) is 4. The monoisotopic (exact) mass is 250 g/mol. The molecule has 2 heterocycles. The summed E-state index contributed by atoms with van der Waals surface area (Å²) in [5.41, 5.74) is 1.65. The van der Waals surface area contributed by atoms with Crippen molar-refractivity contribution >= 4 is 34.1 Å². The first-order chi connectivity index (χ1) is 7.77. The van der Waals surface area contributed by atoms with Gasteiger partial charge in [0.1, 0.15) is 10.0 Å². The average Bonchev–Trinajstić information content (AvgIpc) is 2.95. The lowest BCUT2D eigenvalue weighted by molar-refractivity contribution is 1.20. The SMILES string of the molecule is CC(=NN=C(C)c1nccs1)c1nccs1. The zero-order valence-electron chi connectivity index (χ0n) is 8.91. The molecule has 0 amide bonds. The van der Waals surface area contributed by atoms with Crippen molar-refractivity contribution in [3.63, 3.8) is 0 Å². The van der Waals surface area contributed by atoms with E-state index >= 15 is 0 Å². The molecule has 2 aromatic rings. The second-order valence-electron chi connectivity index (χ2n) is 3.05. The minimum atomic E-state index is 0.825. The summed E-state index contributed by atoms with van der Waals surface area (Å²) in [7, 11) is 0. The van der Waals surface area contributed by atoms with Crippen molar-refractivity contribution in [1.29, 1.82) is 0 Å². The molecule has 2 rings (SSSR count). The maximum atomic E-state index is 4.16. The zero-order valence-corrected chi connectivity index (χ0v) is 10.5. The Kier molecular flexibility index (Phi) is 3.53. The van der Waals surface area contributed by atoms with Gasteiger partial charge in [-0.1, -0.05) is 0 Å². The first kappa shape index (κ1) is 11.1. The highest BCUT2D eigenvalue weighted by molar-refractivity contribution is 7.12. The van der Waals surface area contributed by atoms with Crippen LogP contribution in [0.15, 0.2) is 33.4 Å². The number of thiazole rings is 2. The predicted molar refractivity (Wildman–Crippen MR) is 68.7 cm³/mol. The van der Waals surface area contributed by atoms with Crippen molar-refractivity contribution < 1.29 is 0 Å². The Bertz CT molecular complexity index is 449. The van der Waals surface area contributed by atoms with E-state index in [1.165, 1.54) is 0 Å². The largest absolute Gasteiger partial charge is 0.243 e. The molecule has 4 nitrogen and oxygen atoms in total. The minimum absolute atomic E-state index is 0.825. The van der Waals surface area contributed by atoms with E-state index in [4.69, 9.17) is 0 Å². The molecule has 0 fully saturated rings. The summed E-state index contributed by atoms with van der Waals surface area (Å²) < 4.78 is 0. The first-order valence-electron chi connectivity index (χ1n) is 4.66. The van der Waals surface area contributed by atoms with Crippen LogP contribution in [0.25, 0.3) is 0 Å². The third kappa shape index (κ3) is 2.59. The molecule has 0 aliphatic rings. The molecule has 82 valence electrons. The summed E-state index contributed by atoms with van der Waals surface area (Å²) in [4.78, 5) is 8.32. The molecule has 0 radical (unpaired) electrons. The van der Waals surface area contributed by atoms with Gasteiger partial charge in [-0.2, -0.15) is 10.2 Å². The highest BCUT2D eigenvalue weighted by atomic mass is 32.1. The van der Waals surface area contributed by atoms with Gasteiger partial charge < -0.3 is 0 Å². The van der Waals surface area contributed by atoms with Gasteiger partial charge in [0.25, 0.3) is 0 Å². The van der Waals surface area contributed by atoms with E-state index in [0.29, 0.717) is 0 Å². The van der Waals surface area contributed by atoms with Crippen LogP contribution in [0, 0.1) is 0 Å². The van der Waals surface area contributed by atoms with Gasteiger partial charge >= 0.3 is 0 Å². The standard InChI is InChI=1S/C10H10N4S2/c1-7(9-11-3-5-15-9)13-14-8(2)10-12-4-6-16-10/h3-6H,1-2H3. The normalized spacial score (nSPS) is 13.1. The molecule has 0 aliphatic heterocycles. The van der Waals surface area contributed by atoms with Crippen molar-refractivity contribution in [3.8, 4) is 0 Å². The Morgan fingerprint density at radius 1 is 0.938 bits per heavy atom. The minimum Gasteiger partial charge on any atom is -0.243 e. The lowest BCUT2D eigenvalue weighted by atomic mass is 10.4. The number of rotatable bonds is 3. The molecule has 0 unspecified atom stereocenters. The third-order valence-corrected chi connectivity index (χ3v) is 3.60.